The Balaban J connectivity index is 1.99. The highest BCUT2D eigenvalue weighted by molar-refractivity contribution is 5.28. The Kier molecular flexibility index (Phi) is 2.98. The molecule has 0 radical (unpaired) electrons. The Bertz CT molecular complexity index is 318. The second-order valence-electron chi connectivity index (χ2n) is 4.72. The lowest BCUT2D eigenvalue weighted by atomic mass is 9.94. The van der Waals surface area contributed by atoms with Crippen molar-refractivity contribution in [2.45, 2.75) is 39.2 Å². The summed E-state index contributed by atoms with van der Waals surface area (Å²) in [6, 6.07) is 0.607. The first-order valence-electron chi connectivity index (χ1n) is 5.96. The molecule has 2 rings (SSSR count). The SMILES string of the molecule is CCC1CCC(Nc2nccn2C)C1C. The summed E-state index contributed by atoms with van der Waals surface area (Å²) in [7, 11) is 2.03. The Labute approximate surface area is 91.9 Å². The van der Waals surface area contributed by atoms with Crippen LogP contribution in [0.5, 0.6) is 0 Å². The van der Waals surface area contributed by atoms with E-state index in [1.54, 1.807) is 0 Å². The third kappa shape index (κ3) is 2.01. The van der Waals surface area contributed by atoms with Crippen molar-refractivity contribution in [1.82, 2.24) is 9.55 Å². The van der Waals surface area contributed by atoms with Crippen molar-refractivity contribution in [3.63, 3.8) is 0 Å². The van der Waals surface area contributed by atoms with E-state index in [4.69, 9.17) is 0 Å². The smallest absolute Gasteiger partial charge is 0.202 e. The van der Waals surface area contributed by atoms with E-state index in [1.807, 2.05) is 24.0 Å². The third-order valence-electron chi connectivity index (χ3n) is 3.89. The van der Waals surface area contributed by atoms with E-state index in [0.29, 0.717) is 6.04 Å². The molecule has 1 aliphatic rings. The molecule has 84 valence electrons. The minimum absolute atomic E-state index is 0.607. The van der Waals surface area contributed by atoms with Gasteiger partial charge < -0.3 is 9.88 Å². The predicted octanol–water partition coefficient (Wildman–Crippen LogP) is 2.66. The van der Waals surface area contributed by atoms with Crippen LogP contribution in [0.4, 0.5) is 5.95 Å². The van der Waals surface area contributed by atoms with E-state index < -0.39 is 0 Å². The maximum Gasteiger partial charge on any atom is 0.202 e. The summed E-state index contributed by atoms with van der Waals surface area (Å²) in [5.41, 5.74) is 0. The van der Waals surface area contributed by atoms with Gasteiger partial charge in [-0.25, -0.2) is 4.98 Å². The van der Waals surface area contributed by atoms with Gasteiger partial charge in [0.05, 0.1) is 0 Å². The molecule has 0 saturated heterocycles. The van der Waals surface area contributed by atoms with E-state index in [0.717, 1.165) is 17.8 Å². The van der Waals surface area contributed by atoms with Crippen molar-refractivity contribution < 1.29 is 0 Å². The minimum Gasteiger partial charge on any atom is -0.353 e. The molecular weight excluding hydrogens is 186 g/mol. The zero-order chi connectivity index (χ0) is 10.8. The van der Waals surface area contributed by atoms with Gasteiger partial charge in [-0.2, -0.15) is 0 Å². The van der Waals surface area contributed by atoms with Crippen LogP contribution >= 0.6 is 0 Å². The van der Waals surface area contributed by atoms with E-state index in [-0.39, 0.29) is 0 Å². The average Bonchev–Trinajstić information content (AvgIpc) is 2.77. The summed E-state index contributed by atoms with van der Waals surface area (Å²) in [5, 5.41) is 3.56. The van der Waals surface area contributed by atoms with E-state index >= 15 is 0 Å². The first-order chi connectivity index (χ1) is 7.22. The lowest BCUT2D eigenvalue weighted by Gasteiger charge is -2.21. The molecule has 3 atom stereocenters. The van der Waals surface area contributed by atoms with E-state index in [2.05, 4.69) is 24.1 Å². The molecule has 1 fully saturated rings. The van der Waals surface area contributed by atoms with Crippen LogP contribution in [0, 0.1) is 11.8 Å². The highest BCUT2D eigenvalue weighted by Crippen LogP contribution is 2.35. The highest BCUT2D eigenvalue weighted by Gasteiger charge is 2.31. The molecule has 1 saturated carbocycles. The van der Waals surface area contributed by atoms with Crippen molar-refractivity contribution in [3.8, 4) is 0 Å². The average molecular weight is 207 g/mol. The van der Waals surface area contributed by atoms with Gasteiger partial charge in [0.2, 0.25) is 5.95 Å². The normalized spacial score (nSPS) is 30.7. The Morgan fingerprint density at radius 1 is 1.53 bits per heavy atom. The molecule has 0 amide bonds. The fourth-order valence-electron chi connectivity index (χ4n) is 2.70. The molecular formula is C12H21N3. The fourth-order valence-corrected chi connectivity index (χ4v) is 2.70. The summed E-state index contributed by atoms with van der Waals surface area (Å²) < 4.78 is 2.05. The molecule has 0 spiro atoms. The molecule has 3 nitrogen and oxygen atoms in total. The zero-order valence-electron chi connectivity index (χ0n) is 9.90. The molecule has 3 unspecified atom stereocenters. The molecule has 0 aliphatic heterocycles. The van der Waals surface area contributed by atoms with Gasteiger partial charge in [0.1, 0.15) is 0 Å². The van der Waals surface area contributed by atoms with Crippen LogP contribution < -0.4 is 5.32 Å². The summed E-state index contributed by atoms with van der Waals surface area (Å²) in [6.07, 6.45) is 7.78. The molecule has 15 heavy (non-hydrogen) atoms. The maximum absolute atomic E-state index is 4.32. The molecule has 1 aromatic heterocycles. The quantitative estimate of drug-likeness (QED) is 0.825. The topological polar surface area (TPSA) is 29.9 Å². The molecule has 1 heterocycles. The number of imidazole rings is 1. The monoisotopic (exact) mass is 207 g/mol. The highest BCUT2D eigenvalue weighted by atomic mass is 15.2. The van der Waals surface area contributed by atoms with Gasteiger partial charge in [0.25, 0.3) is 0 Å². The summed E-state index contributed by atoms with van der Waals surface area (Å²) in [5.74, 6) is 2.66. The van der Waals surface area contributed by atoms with Crippen LogP contribution in [0.25, 0.3) is 0 Å². The number of anilines is 1. The maximum atomic E-state index is 4.32. The molecule has 0 aromatic carbocycles. The van der Waals surface area contributed by atoms with Crippen LogP contribution in [0.2, 0.25) is 0 Å². The predicted molar refractivity (Wildman–Crippen MR) is 62.8 cm³/mol. The second-order valence-corrected chi connectivity index (χ2v) is 4.72. The van der Waals surface area contributed by atoms with E-state index in [9.17, 15) is 0 Å². The fraction of sp³-hybridized carbons (Fsp3) is 0.750. The molecule has 1 aromatic rings. The molecule has 1 aliphatic carbocycles. The number of hydrogen-bond donors (Lipinski definition) is 1. The van der Waals surface area contributed by atoms with Crippen LogP contribution in [-0.4, -0.2) is 15.6 Å². The van der Waals surface area contributed by atoms with Gasteiger partial charge in [-0.05, 0) is 24.7 Å². The number of nitrogens with one attached hydrogen (secondary N) is 1. The van der Waals surface area contributed by atoms with Crippen molar-refractivity contribution in [2.24, 2.45) is 18.9 Å². The first-order valence-corrected chi connectivity index (χ1v) is 5.96. The number of rotatable bonds is 3. The Morgan fingerprint density at radius 3 is 2.87 bits per heavy atom. The second kappa shape index (κ2) is 4.25. The standard InChI is InChI=1S/C12H21N3/c1-4-10-5-6-11(9(10)2)14-12-13-7-8-15(12)3/h7-11H,4-6H2,1-3H3,(H,13,14). The van der Waals surface area contributed by atoms with Gasteiger partial charge in [0.15, 0.2) is 0 Å². The summed E-state index contributed by atoms with van der Waals surface area (Å²) in [4.78, 5) is 4.32. The largest absolute Gasteiger partial charge is 0.353 e. The Morgan fingerprint density at radius 2 is 2.33 bits per heavy atom. The lowest BCUT2D eigenvalue weighted by molar-refractivity contribution is 0.391. The van der Waals surface area contributed by atoms with Crippen LogP contribution in [0.3, 0.4) is 0 Å². The van der Waals surface area contributed by atoms with Crippen LogP contribution in [-0.2, 0) is 7.05 Å². The molecule has 3 heteroatoms. The lowest BCUT2D eigenvalue weighted by Crippen LogP contribution is -2.26. The van der Waals surface area contributed by atoms with Crippen LogP contribution in [0.15, 0.2) is 12.4 Å². The van der Waals surface area contributed by atoms with Crippen molar-refractivity contribution in [1.29, 1.82) is 0 Å². The minimum atomic E-state index is 0.607. The van der Waals surface area contributed by atoms with Crippen molar-refractivity contribution >= 4 is 5.95 Å². The number of nitrogens with zero attached hydrogens (tertiary/aromatic N) is 2. The van der Waals surface area contributed by atoms with Crippen LogP contribution in [0.1, 0.15) is 33.1 Å². The van der Waals surface area contributed by atoms with Crippen molar-refractivity contribution in [3.05, 3.63) is 12.4 Å². The summed E-state index contributed by atoms with van der Waals surface area (Å²) in [6.45, 7) is 4.66. The number of aryl methyl sites for hydroxylation is 1. The van der Waals surface area contributed by atoms with Gasteiger partial charge in [-0.15, -0.1) is 0 Å². The van der Waals surface area contributed by atoms with Gasteiger partial charge >= 0.3 is 0 Å². The zero-order valence-corrected chi connectivity index (χ0v) is 9.90. The molecule has 0 bridgehead atoms. The Hall–Kier alpha value is -0.990. The molecule has 1 N–H and O–H groups in total. The van der Waals surface area contributed by atoms with Gasteiger partial charge in [-0.3, -0.25) is 0 Å². The number of aromatic nitrogens is 2. The van der Waals surface area contributed by atoms with Crippen molar-refractivity contribution in [2.75, 3.05) is 5.32 Å². The van der Waals surface area contributed by atoms with E-state index in [1.165, 1.54) is 19.3 Å². The third-order valence-corrected chi connectivity index (χ3v) is 3.89. The van der Waals surface area contributed by atoms with Gasteiger partial charge in [-0.1, -0.05) is 20.3 Å². The van der Waals surface area contributed by atoms with Gasteiger partial charge in [0, 0.05) is 25.5 Å². The first kappa shape index (κ1) is 10.5. The summed E-state index contributed by atoms with van der Waals surface area (Å²) >= 11 is 0. The number of hydrogen-bond acceptors (Lipinski definition) is 2.